The first-order chi connectivity index (χ1) is 7.66. The Labute approximate surface area is 95.7 Å². The number of halogens is 1. The maximum Gasteiger partial charge on any atom is 0.265 e. The van der Waals surface area contributed by atoms with E-state index in [1.54, 1.807) is 12.1 Å². The van der Waals surface area contributed by atoms with Gasteiger partial charge in [-0.05, 0) is 29.6 Å². The van der Waals surface area contributed by atoms with Crippen LogP contribution < -0.4 is 11.1 Å². The second kappa shape index (κ2) is 4.32. The van der Waals surface area contributed by atoms with Gasteiger partial charge in [0.15, 0.2) is 0 Å². The summed E-state index contributed by atoms with van der Waals surface area (Å²) in [5, 5.41) is 4.45. The third-order valence-corrected chi connectivity index (χ3v) is 2.87. The molecular weight excluding hydrogens is 227 g/mol. The summed E-state index contributed by atoms with van der Waals surface area (Å²) in [4.78, 5) is 12.2. The fourth-order valence-corrected chi connectivity index (χ4v) is 1.84. The highest BCUT2D eigenvalue weighted by Crippen LogP contribution is 2.18. The molecule has 3 nitrogen and oxygen atoms in total. The molecule has 0 atom stereocenters. The molecular formula is C11H9FN2OS. The molecule has 0 radical (unpaired) electrons. The molecule has 0 aliphatic carbocycles. The van der Waals surface area contributed by atoms with Gasteiger partial charge in [0.2, 0.25) is 0 Å². The van der Waals surface area contributed by atoms with Gasteiger partial charge in [-0.15, -0.1) is 11.3 Å². The van der Waals surface area contributed by atoms with E-state index in [0.717, 1.165) is 0 Å². The average Bonchev–Trinajstić information content (AvgIpc) is 2.77. The van der Waals surface area contributed by atoms with Gasteiger partial charge in [0.25, 0.3) is 5.91 Å². The highest BCUT2D eigenvalue weighted by molar-refractivity contribution is 7.12. The van der Waals surface area contributed by atoms with Gasteiger partial charge in [-0.2, -0.15) is 0 Å². The highest BCUT2D eigenvalue weighted by atomic mass is 32.1. The minimum atomic E-state index is -0.492. The van der Waals surface area contributed by atoms with Crippen molar-refractivity contribution in [2.75, 3.05) is 11.1 Å². The third kappa shape index (κ3) is 2.20. The number of nitrogen functional groups attached to an aromatic ring is 1. The molecule has 0 unspecified atom stereocenters. The normalized spacial score (nSPS) is 10.1. The Balaban J connectivity index is 2.15. The van der Waals surface area contributed by atoms with E-state index >= 15 is 0 Å². The van der Waals surface area contributed by atoms with Gasteiger partial charge in [0.1, 0.15) is 5.82 Å². The number of rotatable bonds is 2. The van der Waals surface area contributed by atoms with Crippen LogP contribution in [0.25, 0.3) is 0 Å². The molecule has 1 amide bonds. The molecule has 2 rings (SSSR count). The van der Waals surface area contributed by atoms with Crippen LogP contribution in [0.5, 0.6) is 0 Å². The molecule has 5 heteroatoms. The lowest BCUT2D eigenvalue weighted by molar-refractivity contribution is 0.103. The van der Waals surface area contributed by atoms with Crippen molar-refractivity contribution in [3.63, 3.8) is 0 Å². The molecule has 1 heterocycles. The molecule has 1 aromatic heterocycles. The summed E-state index contributed by atoms with van der Waals surface area (Å²) in [5.41, 5.74) is 5.89. The van der Waals surface area contributed by atoms with Crippen LogP contribution in [0.2, 0.25) is 0 Å². The molecule has 82 valence electrons. The molecule has 0 saturated carbocycles. The molecule has 3 N–H and O–H groups in total. The maximum absolute atomic E-state index is 12.9. The summed E-state index contributed by atoms with van der Waals surface area (Å²) in [7, 11) is 0. The van der Waals surface area contributed by atoms with Gasteiger partial charge in [0, 0.05) is 5.69 Å². The quantitative estimate of drug-likeness (QED) is 0.788. The number of benzene rings is 1. The predicted octanol–water partition coefficient (Wildman–Crippen LogP) is 2.72. The van der Waals surface area contributed by atoms with E-state index in [0.29, 0.717) is 10.6 Å². The van der Waals surface area contributed by atoms with Crippen LogP contribution in [0.3, 0.4) is 0 Å². The Morgan fingerprint density at radius 1 is 1.38 bits per heavy atom. The topological polar surface area (TPSA) is 55.1 Å². The van der Waals surface area contributed by atoms with Gasteiger partial charge in [0.05, 0.1) is 10.6 Å². The second-order valence-corrected chi connectivity index (χ2v) is 4.12. The van der Waals surface area contributed by atoms with Crippen LogP contribution in [-0.4, -0.2) is 5.91 Å². The van der Waals surface area contributed by atoms with Crippen molar-refractivity contribution >= 4 is 28.6 Å². The molecule has 1 aromatic carbocycles. The zero-order valence-corrected chi connectivity index (χ0v) is 9.05. The van der Waals surface area contributed by atoms with E-state index in [1.807, 2.05) is 5.38 Å². The number of anilines is 2. The summed E-state index contributed by atoms with van der Waals surface area (Å²) in [6.07, 6.45) is 0. The maximum atomic E-state index is 12.9. The standard InChI is InChI=1S/C11H9FN2OS/c12-8-4-3-7(6-9(8)13)14-11(15)10-2-1-5-16-10/h1-6H,13H2,(H,14,15). The number of nitrogens with one attached hydrogen (secondary N) is 1. The number of carbonyl (C=O) groups is 1. The third-order valence-electron chi connectivity index (χ3n) is 2.00. The van der Waals surface area contributed by atoms with Gasteiger partial charge in [-0.25, -0.2) is 4.39 Å². The predicted molar refractivity (Wildman–Crippen MR) is 63.1 cm³/mol. The molecule has 0 aliphatic heterocycles. The van der Waals surface area contributed by atoms with Crippen molar-refractivity contribution in [1.29, 1.82) is 0 Å². The zero-order chi connectivity index (χ0) is 11.5. The van der Waals surface area contributed by atoms with E-state index in [2.05, 4.69) is 5.32 Å². The molecule has 0 bridgehead atoms. The molecule has 16 heavy (non-hydrogen) atoms. The molecule has 0 fully saturated rings. The first kappa shape index (κ1) is 10.6. The molecule has 0 saturated heterocycles. The first-order valence-corrected chi connectivity index (χ1v) is 5.44. The van der Waals surface area contributed by atoms with E-state index in [9.17, 15) is 9.18 Å². The monoisotopic (exact) mass is 236 g/mol. The SMILES string of the molecule is Nc1cc(NC(=O)c2cccs2)ccc1F. The Kier molecular flexibility index (Phi) is 2.87. The number of carbonyl (C=O) groups excluding carboxylic acids is 1. The van der Waals surface area contributed by atoms with Crippen LogP contribution in [0.4, 0.5) is 15.8 Å². The lowest BCUT2D eigenvalue weighted by atomic mass is 10.2. The Bertz CT molecular complexity index is 511. The zero-order valence-electron chi connectivity index (χ0n) is 8.24. The minimum Gasteiger partial charge on any atom is -0.396 e. The van der Waals surface area contributed by atoms with Crippen LogP contribution in [0.1, 0.15) is 9.67 Å². The lowest BCUT2D eigenvalue weighted by Crippen LogP contribution is -2.10. The lowest BCUT2D eigenvalue weighted by Gasteiger charge is -2.04. The second-order valence-electron chi connectivity index (χ2n) is 3.17. The number of hydrogen-bond acceptors (Lipinski definition) is 3. The van der Waals surface area contributed by atoms with Crippen molar-refractivity contribution in [2.45, 2.75) is 0 Å². The Morgan fingerprint density at radius 2 is 2.19 bits per heavy atom. The van der Waals surface area contributed by atoms with Crippen molar-refractivity contribution in [2.24, 2.45) is 0 Å². The van der Waals surface area contributed by atoms with Crippen LogP contribution in [0.15, 0.2) is 35.7 Å². The summed E-state index contributed by atoms with van der Waals surface area (Å²) in [6.45, 7) is 0. The van der Waals surface area contributed by atoms with Crippen LogP contribution in [0, 0.1) is 5.82 Å². The smallest absolute Gasteiger partial charge is 0.265 e. The van der Waals surface area contributed by atoms with Crippen molar-refractivity contribution in [1.82, 2.24) is 0 Å². The minimum absolute atomic E-state index is 0.0176. The fraction of sp³-hybridized carbons (Fsp3) is 0. The van der Waals surface area contributed by atoms with E-state index in [-0.39, 0.29) is 11.6 Å². The number of thiophene rings is 1. The largest absolute Gasteiger partial charge is 0.396 e. The van der Waals surface area contributed by atoms with Crippen molar-refractivity contribution < 1.29 is 9.18 Å². The number of amides is 1. The molecule has 2 aromatic rings. The molecule has 0 spiro atoms. The van der Waals surface area contributed by atoms with Crippen LogP contribution in [-0.2, 0) is 0 Å². The van der Waals surface area contributed by atoms with E-state index in [4.69, 9.17) is 5.73 Å². The van der Waals surface area contributed by atoms with Crippen LogP contribution >= 0.6 is 11.3 Å². The average molecular weight is 236 g/mol. The molecule has 0 aliphatic rings. The summed E-state index contributed by atoms with van der Waals surface area (Å²) >= 11 is 1.34. The summed E-state index contributed by atoms with van der Waals surface area (Å²) in [5.74, 6) is -0.713. The number of hydrogen-bond donors (Lipinski definition) is 2. The van der Waals surface area contributed by atoms with E-state index < -0.39 is 5.82 Å². The van der Waals surface area contributed by atoms with E-state index in [1.165, 1.54) is 29.5 Å². The van der Waals surface area contributed by atoms with Gasteiger partial charge in [-0.1, -0.05) is 6.07 Å². The summed E-state index contributed by atoms with van der Waals surface area (Å²) < 4.78 is 12.9. The van der Waals surface area contributed by atoms with Gasteiger partial charge >= 0.3 is 0 Å². The Morgan fingerprint density at radius 3 is 2.81 bits per heavy atom. The van der Waals surface area contributed by atoms with Crippen molar-refractivity contribution in [3.05, 3.63) is 46.4 Å². The Hall–Kier alpha value is -1.88. The van der Waals surface area contributed by atoms with Gasteiger partial charge < -0.3 is 11.1 Å². The highest BCUT2D eigenvalue weighted by Gasteiger charge is 2.07. The first-order valence-electron chi connectivity index (χ1n) is 4.56. The van der Waals surface area contributed by atoms with Gasteiger partial charge in [-0.3, -0.25) is 4.79 Å². The fourth-order valence-electron chi connectivity index (χ4n) is 1.22. The summed E-state index contributed by atoms with van der Waals surface area (Å²) in [6, 6.07) is 7.59. The van der Waals surface area contributed by atoms with Crippen molar-refractivity contribution in [3.8, 4) is 0 Å². The number of nitrogens with two attached hydrogens (primary N) is 1.